The molecule has 8 heteroatoms. The SMILES string of the molecule is CCC(=O)Nc1ccc(N2C(=S)N[C@@H](c3ccccn3)[C@@H]2c2cccs2)cc1OC. The molecule has 2 aromatic heterocycles. The zero-order valence-corrected chi connectivity index (χ0v) is 18.3. The molecule has 2 N–H and O–H groups in total. The van der Waals surface area contributed by atoms with Crippen molar-refractivity contribution in [1.29, 1.82) is 0 Å². The molecule has 0 aliphatic carbocycles. The van der Waals surface area contributed by atoms with Crippen molar-refractivity contribution >= 4 is 45.9 Å². The molecule has 2 atom stereocenters. The smallest absolute Gasteiger partial charge is 0.224 e. The lowest BCUT2D eigenvalue weighted by Gasteiger charge is -2.27. The fraction of sp³-hybridized carbons (Fsp3) is 0.227. The Morgan fingerprint density at radius 1 is 1.30 bits per heavy atom. The van der Waals surface area contributed by atoms with E-state index in [1.54, 1.807) is 24.6 Å². The topological polar surface area (TPSA) is 66.5 Å². The van der Waals surface area contributed by atoms with E-state index in [1.807, 2.05) is 49.4 Å². The van der Waals surface area contributed by atoms with Crippen LogP contribution in [0.25, 0.3) is 0 Å². The van der Waals surface area contributed by atoms with Crippen LogP contribution in [0.1, 0.15) is 36.0 Å². The highest BCUT2D eigenvalue weighted by Crippen LogP contribution is 2.44. The molecule has 0 radical (unpaired) electrons. The fourth-order valence-corrected chi connectivity index (χ4v) is 4.75. The van der Waals surface area contributed by atoms with Crippen molar-refractivity contribution in [2.75, 3.05) is 17.3 Å². The molecule has 0 spiro atoms. The monoisotopic (exact) mass is 438 g/mol. The van der Waals surface area contributed by atoms with E-state index in [9.17, 15) is 4.79 Å². The zero-order valence-electron chi connectivity index (χ0n) is 16.7. The first-order valence-electron chi connectivity index (χ1n) is 9.64. The first-order chi connectivity index (χ1) is 14.6. The van der Waals surface area contributed by atoms with Gasteiger partial charge in [0, 0.05) is 29.2 Å². The van der Waals surface area contributed by atoms with Crippen LogP contribution in [0.4, 0.5) is 11.4 Å². The van der Waals surface area contributed by atoms with Gasteiger partial charge in [-0.05, 0) is 47.9 Å². The number of amides is 1. The first-order valence-corrected chi connectivity index (χ1v) is 10.9. The van der Waals surface area contributed by atoms with Crippen molar-refractivity contribution in [2.24, 2.45) is 0 Å². The number of benzene rings is 1. The van der Waals surface area contributed by atoms with Gasteiger partial charge in [0.25, 0.3) is 0 Å². The van der Waals surface area contributed by atoms with Crippen LogP contribution in [-0.4, -0.2) is 23.1 Å². The molecule has 6 nitrogen and oxygen atoms in total. The fourth-order valence-electron chi connectivity index (χ4n) is 3.55. The number of methoxy groups -OCH3 is 1. The summed E-state index contributed by atoms with van der Waals surface area (Å²) in [6, 6.07) is 15.6. The number of hydrogen-bond donors (Lipinski definition) is 2. The Morgan fingerprint density at radius 2 is 2.17 bits per heavy atom. The van der Waals surface area contributed by atoms with Crippen LogP contribution in [0.2, 0.25) is 0 Å². The molecule has 154 valence electrons. The number of hydrogen-bond acceptors (Lipinski definition) is 5. The summed E-state index contributed by atoms with van der Waals surface area (Å²) in [7, 11) is 1.59. The number of thiocarbonyl (C=S) groups is 1. The normalized spacial score (nSPS) is 18.2. The third kappa shape index (κ3) is 3.88. The van der Waals surface area contributed by atoms with Gasteiger partial charge >= 0.3 is 0 Å². The van der Waals surface area contributed by atoms with Crippen molar-refractivity contribution in [1.82, 2.24) is 10.3 Å². The van der Waals surface area contributed by atoms with E-state index in [1.165, 1.54) is 4.88 Å². The minimum atomic E-state index is -0.0807. The number of carbonyl (C=O) groups is 1. The van der Waals surface area contributed by atoms with Crippen LogP contribution in [-0.2, 0) is 4.79 Å². The van der Waals surface area contributed by atoms with Gasteiger partial charge in [-0.15, -0.1) is 11.3 Å². The molecule has 3 aromatic rings. The molecule has 1 aliphatic heterocycles. The lowest BCUT2D eigenvalue weighted by molar-refractivity contribution is -0.115. The molecule has 0 unspecified atom stereocenters. The molecule has 0 bridgehead atoms. The summed E-state index contributed by atoms with van der Waals surface area (Å²) in [6.07, 6.45) is 2.19. The number of nitrogens with one attached hydrogen (secondary N) is 2. The van der Waals surface area contributed by atoms with E-state index in [-0.39, 0.29) is 18.0 Å². The molecule has 0 saturated carbocycles. The van der Waals surface area contributed by atoms with E-state index < -0.39 is 0 Å². The number of carbonyl (C=O) groups excluding carboxylic acids is 1. The van der Waals surface area contributed by atoms with Crippen molar-refractivity contribution in [3.63, 3.8) is 0 Å². The van der Waals surface area contributed by atoms with Crippen molar-refractivity contribution in [2.45, 2.75) is 25.4 Å². The number of ether oxygens (including phenoxy) is 1. The number of anilines is 2. The predicted molar refractivity (Wildman–Crippen MR) is 124 cm³/mol. The molecule has 4 rings (SSSR count). The summed E-state index contributed by atoms with van der Waals surface area (Å²) in [5.41, 5.74) is 2.45. The van der Waals surface area contributed by atoms with Crippen LogP contribution in [0.3, 0.4) is 0 Å². The minimum absolute atomic E-state index is 0.0480. The van der Waals surface area contributed by atoms with Gasteiger partial charge in [-0.2, -0.15) is 0 Å². The Hall–Kier alpha value is -2.97. The van der Waals surface area contributed by atoms with Crippen LogP contribution in [0.5, 0.6) is 5.75 Å². The zero-order chi connectivity index (χ0) is 21.1. The molecule has 3 heterocycles. The number of aromatic nitrogens is 1. The third-order valence-electron chi connectivity index (χ3n) is 4.99. The van der Waals surface area contributed by atoms with Gasteiger partial charge < -0.3 is 20.3 Å². The van der Waals surface area contributed by atoms with E-state index in [2.05, 4.69) is 32.0 Å². The lowest BCUT2D eigenvalue weighted by atomic mass is 10.0. The molecule has 30 heavy (non-hydrogen) atoms. The van der Waals surface area contributed by atoms with Crippen molar-refractivity contribution < 1.29 is 9.53 Å². The number of pyridine rings is 1. The Balaban J connectivity index is 1.75. The Kier molecular flexibility index (Phi) is 5.96. The molecule has 1 amide bonds. The van der Waals surface area contributed by atoms with E-state index in [4.69, 9.17) is 17.0 Å². The summed E-state index contributed by atoms with van der Waals surface area (Å²) in [4.78, 5) is 19.7. The average Bonchev–Trinajstić information content (AvgIpc) is 3.42. The quantitative estimate of drug-likeness (QED) is 0.545. The second-order valence-corrected chi connectivity index (χ2v) is 8.16. The van der Waals surface area contributed by atoms with E-state index in [0.717, 1.165) is 11.4 Å². The van der Waals surface area contributed by atoms with Gasteiger partial charge in [0.15, 0.2) is 5.11 Å². The number of thiophene rings is 1. The van der Waals surface area contributed by atoms with Crippen LogP contribution in [0.15, 0.2) is 60.1 Å². The van der Waals surface area contributed by atoms with Gasteiger partial charge in [-0.3, -0.25) is 9.78 Å². The summed E-state index contributed by atoms with van der Waals surface area (Å²) in [5, 5.41) is 9.00. The summed E-state index contributed by atoms with van der Waals surface area (Å²) in [5.74, 6) is 0.523. The van der Waals surface area contributed by atoms with Crippen LogP contribution >= 0.6 is 23.6 Å². The maximum Gasteiger partial charge on any atom is 0.224 e. The molecular weight excluding hydrogens is 416 g/mol. The van der Waals surface area contributed by atoms with Gasteiger partial charge in [-0.25, -0.2) is 0 Å². The van der Waals surface area contributed by atoms with E-state index in [0.29, 0.717) is 23.0 Å². The summed E-state index contributed by atoms with van der Waals surface area (Å²) in [6.45, 7) is 1.81. The largest absolute Gasteiger partial charge is 0.494 e. The summed E-state index contributed by atoms with van der Waals surface area (Å²) < 4.78 is 5.55. The molecule has 1 aromatic carbocycles. The first kappa shape index (κ1) is 20.3. The molecule has 1 fully saturated rings. The van der Waals surface area contributed by atoms with Crippen molar-refractivity contribution in [3.05, 3.63) is 70.7 Å². The van der Waals surface area contributed by atoms with Gasteiger partial charge in [-0.1, -0.05) is 19.1 Å². The second-order valence-electron chi connectivity index (χ2n) is 6.80. The third-order valence-corrected chi connectivity index (χ3v) is 6.25. The highest BCUT2D eigenvalue weighted by atomic mass is 32.1. The van der Waals surface area contributed by atoms with E-state index >= 15 is 0 Å². The lowest BCUT2D eigenvalue weighted by Crippen LogP contribution is -2.29. The minimum Gasteiger partial charge on any atom is -0.494 e. The average molecular weight is 439 g/mol. The number of nitrogens with zero attached hydrogens (tertiary/aromatic N) is 2. The van der Waals surface area contributed by atoms with Gasteiger partial charge in [0.2, 0.25) is 5.91 Å². The second kappa shape index (κ2) is 8.81. The summed E-state index contributed by atoms with van der Waals surface area (Å²) >= 11 is 7.42. The molecular formula is C22H22N4O2S2. The van der Waals surface area contributed by atoms with Crippen LogP contribution < -0.4 is 20.3 Å². The number of rotatable bonds is 6. The highest BCUT2D eigenvalue weighted by molar-refractivity contribution is 7.80. The maximum atomic E-state index is 11.8. The van der Waals surface area contributed by atoms with Gasteiger partial charge in [0.1, 0.15) is 5.75 Å². The highest BCUT2D eigenvalue weighted by Gasteiger charge is 2.41. The van der Waals surface area contributed by atoms with Gasteiger partial charge in [0.05, 0.1) is 30.6 Å². The molecule has 1 saturated heterocycles. The van der Waals surface area contributed by atoms with Crippen LogP contribution in [0, 0.1) is 0 Å². The maximum absolute atomic E-state index is 11.8. The Morgan fingerprint density at radius 3 is 2.83 bits per heavy atom. The Bertz CT molecular complexity index is 1040. The standard InChI is InChI=1S/C22H22N4O2S2/c1-3-19(27)24-15-10-9-14(13-17(15)28-2)26-21(18-8-6-12-30-18)20(25-22(26)29)16-7-4-5-11-23-16/h4-13,20-21H,3H2,1-2H3,(H,24,27)(H,25,29)/t20-,21-/m0/s1. The molecule has 1 aliphatic rings. The van der Waals surface area contributed by atoms with Crippen molar-refractivity contribution in [3.8, 4) is 5.75 Å². The predicted octanol–water partition coefficient (Wildman–Crippen LogP) is 4.68. The Labute approximate surface area is 184 Å².